The molecular formula is C24H37FN2. The molecule has 0 aromatic heterocycles. The molecule has 1 aliphatic heterocycles. The van der Waals surface area contributed by atoms with Gasteiger partial charge in [-0.15, -0.1) is 0 Å². The molecule has 1 atom stereocenters. The van der Waals surface area contributed by atoms with Crippen LogP contribution >= 0.6 is 0 Å². The SMILES string of the molecule is C=C1CCCC(C)C1.CC#N.CCCC1(CCC)CNc2ccc(F)cc21. The van der Waals surface area contributed by atoms with Gasteiger partial charge in [-0.2, -0.15) is 5.26 Å². The van der Waals surface area contributed by atoms with E-state index in [4.69, 9.17) is 5.26 Å². The minimum atomic E-state index is -0.112. The Kier molecular flexibility index (Phi) is 10.1. The summed E-state index contributed by atoms with van der Waals surface area (Å²) >= 11 is 0. The van der Waals surface area contributed by atoms with Crippen LogP contribution in [0.3, 0.4) is 0 Å². The molecule has 150 valence electrons. The van der Waals surface area contributed by atoms with Gasteiger partial charge in [-0.05, 0) is 61.8 Å². The maximum atomic E-state index is 13.4. The zero-order valence-electron chi connectivity index (χ0n) is 17.7. The maximum Gasteiger partial charge on any atom is 0.123 e. The monoisotopic (exact) mass is 372 g/mol. The molecule has 1 unspecified atom stereocenters. The van der Waals surface area contributed by atoms with E-state index in [2.05, 4.69) is 32.7 Å². The maximum absolute atomic E-state index is 13.4. The van der Waals surface area contributed by atoms with E-state index < -0.39 is 0 Å². The number of rotatable bonds is 4. The molecule has 1 aromatic rings. The molecule has 0 spiro atoms. The number of benzene rings is 1. The molecule has 1 heterocycles. The lowest BCUT2D eigenvalue weighted by atomic mass is 9.75. The Hall–Kier alpha value is -1.82. The summed E-state index contributed by atoms with van der Waals surface area (Å²) in [5.74, 6) is 0.801. The molecule has 2 aliphatic rings. The first kappa shape index (κ1) is 23.2. The predicted octanol–water partition coefficient (Wildman–Crippen LogP) is 7.37. The Balaban J connectivity index is 0.000000277. The van der Waals surface area contributed by atoms with E-state index in [-0.39, 0.29) is 11.2 Å². The standard InChI is InChI=1S/C14H20FN.C8H14.C2H3N/c1-3-7-14(8-4-2)10-16-13-6-5-11(15)9-12(13)14;1-7-4-3-5-8(2)6-7;1-2-3/h5-6,9,16H,3-4,7-8,10H2,1-2H3;8H,1,3-6H2,2H3;1H3. The number of halogens is 1. The van der Waals surface area contributed by atoms with Crippen LogP contribution in [0.2, 0.25) is 0 Å². The van der Waals surface area contributed by atoms with E-state index in [1.165, 1.54) is 43.7 Å². The van der Waals surface area contributed by atoms with E-state index in [0.29, 0.717) is 0 Å². The molecule has 1 fully saturated rings. The fourth-order valence-corrected chi connectivity index (χ4v) is 4.39. The number of fused-ring (bicyclic) bond motifs is 1. The highest BCUT2D eigenvalue weighted by molar-refractivity contribution is 5.60. The van der Waals surface area contributed by atoms with Crippen molar-refractivity contribution in [1.82, 2.24) is 0 Å². The van der Waals surface area contributed by atoms with E-state index in [1.807, 2.05) is 6.07 Å². The van der Waals surface area contributed by atoms with Gasteiger partial charge in [0.1, 0.15) is 5.82 Å². The van der Waals surface area contributed by atoms with Crippen LogP contribution < -0.4 is 5.32 Å². The Morgan fingerprint density at radius 2 is 1.93 bits per heavy atom. The van der Waals surface area contributed by atoms with Gasteiger partial charge in [0.2, 0.25) is 0 Å². The highest BCUT2D eigenvalue weighted by Gasteiger charge is 2.37. The Bertz CT molecular complexity index is 618. The highest BCUT2D eigenvalue weighted by atomic mass is 19.1. The van der Waals surface area contributed by atoms with Gasteiger partial charge in [0.15, 0.2) is 0 Å². The quantitative estimate of drug-likeness (QED) is 0.560. The second-order valence-electron chi connectivity index (χ2n) is 8.00. The second-order valence-corrected chi connectivity index (χ2v) is 8.00. The average molecular weight is 373 g/mol. The summed E-state index contributed by atoms with van der Waals surface area (Å²) in [6.45, 7) is 13.1. The summed E-state index contributed by atoms with van der Waals surface area (Å²) in [5, 5.41) is 10.7. The third-order valence-corrected chi connectivity index (χ3v) is 5.49. The molecule has 0 saturated heterocycles. The molecule has 1 aliphatic carbocycles. The van der Waals surface area contributed by atoms with Crippen molar-refractivity contribution in [1.29, 1.82) is 5.26 Å². The van der Waals surface area contributed by atoms with Crippen LogP contribution in [-0.2, 0) is 5.41 Å². The average Bonchev–Trinajstić information content (AvgIpc) is 2.95. The first-order valence-corrected chi connectivity index (χ1v) is 10.4. The third-order valence-electron chi connectivity index (χ3n) is 5.49. The fraction of sp³-hybridized carbons (Fsp3) is 0.625. The molecule has 3 heteroatoms. The lowest BCUT2D eigenvalue weighted by Gasteiger charge is -2.28. The van der Waals surface area contributed by atoms with E-state index in [1.54, 1.807) is 18.2 Å². The summed E-state index contributed by atoms with van der Waals surface area (Å²) < 4.78 is 13.4. The van der Waals surface area contributed by atoms with Crippen molar-refractivity contribution >= 4 is 5.69 Å². The summed E-state index contributed by atoms with van der Waals surface area (Å²) in [6, 6.07) is 6.89. The number of hydrogen-bond acceptors (Lipinski definition) is 2. The van der Waals surface area contributed by atoms with Gasteiger partial charge >= 0.3 is 0 Å². The van der Waals surface area contributed by atoms with Gasteiger partial charge in [-0.3, -0.25) is 0 Å². The third kappa shape index (κ3) is 7.01. The van der Waals surface area contributed by atoms with E-state index in [0.717, 1.165) is 43.8 Å². The predicted molar refractivity (Wildman–Crippen MR) is 114 cm³/mol. The number of anilines is 1. The summed E-state index contributed by atoms with van der Waals surface area (Å²) in [7, 11) is 0. The van der Waals surface area contributed by atoms with Crippen molar-refractivity contribution in [2.45, 2.75) is 84.5 Å². The second kappa shape index (κ2) is 11.8. The first-order valence-electron chi connectivity index (χ1n) is 10.4. The molecule has 3 rings (SSSR count). The van der Waals surface area contributed by atoms with Gasteiger partial charge in [-0.25, -0.2) is 4.39 Å². The Morgan fingerprint density at radius 1 is 1.30 bits per heavy atom. The van der Waals surface area contributed by atoms with Gasteiger partial charge in [0, 0.05) is 24.6 Å². The van der Waals surface area contributed by atoms with Crippen LogP contribution in [0, 0.1) is 23.1 Å². The molecule has 1 aromatic carbocycles. The summed E-state index contributed by atoms with van der Waals surface area (Å²) in [4.78, 5) is 0. The van der Waals surface area contributed by atoms with Gasteiger partial charge in [-0.1, -0.05) is 52.2 Å². The zero-order valence-corrected chi connectivity index (χ0v) is 17.7. The lowest BCUT2D eigenvalue weighted by molar-refractivity contribution is 0.389. The highest BCUT2D eigenvalue weighted by Crippen LogP contribution is 2.43. The Morgan fingerprint density at radius 3 is 2.41 bits per heavy atom. The van der Waals surface area contributed by atoms with Crippen LogP contribution in [0.15, 0.2) is 30.4 Å². The molecular weight excluding hydrogens is 335 g/mol. The molecule has 0 amide bonds. The smallest absolute Gasteiger partial charge is 0.123 e. The van der Waals surface area contributed by atoms with Crippen molar-refractivity contribution in [3.8, 4) is 6.07 Å². The fourth-order valence-electron chi connectivity index (χ4n) is 4.39. The molecule has 27 heavy (non-hydrogen) atoms. The van der Waals surface area contributed by atoms with Crippen LogP contribution in [0.4, 0.5) is 10.1 Å². The zero-order chi connectivity index (χ0) is 20.3. The summed E-state index contributed by atoms with van der Waals surface area (Å²) in [5.41, 5.74) is 3.95. The van der Waals surface area contributed by atoms with Crippen molar-refractivity contribution < 1.29 is 4.39 Å². The van der Waals surface area contributed by atoms with Crippen LogP contribution in [0.25, 0.3) is 0 Å². The van der Waals surface area contributed by atoms with Gasteiger partial charge in [0.05, 0.1) is 6.07 Å². The van der Waals surface area contributed by atoms with Crippen molar-refractivity contribution in [2.75, 3.05) is 11.9 Å². The first-order chi connectivity index (χ1) is 12.9. The normalized spacial score (nSPS) is 19.4. The number of nitrogens with one attached hydrogen (secondary N) is 1. The molecule has 2 nitrogen and oxygen atoms in total. The largest absolute Gasteiger partial charge is 0.384 e. The van der Waals surface area contributed by atoms with Gasteiger partial charge < -0.3 is 5.32 Å². The molecule has 1 saturated carbocycles. The van der Waals surface area contributed by atoms with Crippen molar-refractivity contribution in [3.63, 3.8) is 0 Å². The lowest BCUT2D eigenvalue weighted by Crippen LogP contribution is -2.28. The van der Waals surface area contributed by atoms with E-state index in [9.17, 15) is 4.39 Å². The number of nitriles is 1. The van der Waals surface area contributed by atoms with Crippen molar-refractivity contribution in [2.24, 2.45) is 5.92 Å². The minimum absolute atomic E-state index is 0.112. The van der Waals surface area contributed by atoms with Crippen LogP contribution in [-0.4, -0.2) is 6.54 Å². The van der Waals surface area contributed by atoms with Crippen molar-refractivity contribution in [3.05, 3.63) is 41.7 Å². The summed E-state index contributed by atoms with van der Waals surface area (Å²) in [6.07, 6.45) is 9.94. The minimum Gasteiger partial charge on any atom is -0.384 e. The Labute approximate surface area is 165 Å². The van der Waals surface area contributed by atoms with Crippen LogP contribution in [0.5, 0.6) is 0 Å². The molecule has 0 radical (unpaired) electrons. The topological polar surface area (TPSA) is 35.8 Å². The molecule has 0 bridgehead atoms. The number of allylic oxidation sites excluding steroid dienone is 1. The van der Waals surface area contributed by atoms with Gasteiger partial charge in [0.25, 0.3) is 0 Å². The van der Waals surface area contributed by atoms with E-state index >= 15 is 0 Å². The number of hydrogen-bond donors (Lipinski definition) is 1. The van der Waals surface area contributed by atoms with Crippen LogP contribution in [0.1, 0.15) is 84.6 Å². The molecule has 1 N–H and O–H groups in total. The number of nitrogens with zero attached hydrogens (tertiary/aromatic N) is 1.